The summed E-state index contributed by atoms with van der Waals surface area (Å²) in [5, 5.41) is 3.96. The zero-order valence-corrected chi connectivity index (χ0v) is 13.6. The van der Waals surface area contributed by atoms with Gasteiger partial charge in [0.05, 0.1) is 18.3 Å². The number of ether oxygens (including phenoxy) is 1. The molecule has 2 aliphatic heterocycles. The summed E-state index contributed by atoms with van der Waals surface area (Å²) in [5.74, 6) is 0.676. The molecular weight excluding hydrogens is 288 g/mol. The molecule has 0 aromatic heterocycles. The molecule has 0 aromatic rings. The van der Waals surface area contributed by atoms with E-state index in [4.69, 9.17) is 4.74 Å². The number of esters is 1. The van der Waals surface area contributed by atoms with Gasteiger partial charge in [0.25, 0.3) is 0 Å². The van der Waals surface area contributed by atoms with Crippen molar-refractivity contribution in [1.82, 2.24) is 10.2 Å². The van der Waals surface area contributed by atoms with Gasteiger partial charge in [-0.2, -0.15) is 0 Å². The minimum absolute atomic E-state index is 0.0222. The highest BCUT2D eigenvalue weighted by Crippen LogP contribution is 2.23. The van der Waals surface area contributed by atoms with Gasteiger partial charge < -0.3 is 15.0 Å². The second-order valence-corrected chi connectivity index (χ2v) is 6.96. The highest BCUT2D eigenvalue weighted by Gasteiger charge is 2.28. The van der Waals surface area contributed by atoms with Crippen LogP contribution >= 0.6 is 11.8 Å². The van der Waals surface area contributed by atoms with E-state index in [9.17, 15) is 9.59 Å². The first-order chi connectivity index (χ1) is 10.2. The molecule has 0 atom stereocenters. The van der Waals surface area contributed by atoms with Crippen LogP contribution in [0, 0.1) is 5.92 Å². The van der Waals surface area contributed by atoms with Crippen LogP contribution in [0.4, 0.5) is 0 Å². The minimum Gasteiger partial charge on any atom is -0.466 e. The van der Waals surface area contributed by atoms with Crippen molar-refractivity contribution in [1.29, 1.82) is 0 Å². The monoisotopic (exact) mass is 314 g/mol. The van der Waals surface area contributed by atoms with Gasteiger partial charge in [-0.15, -0.1) is 11.8 Å². The van der Waals surface area contributed by atoms with Gasteiger partial charge in [-0.3, -0.25) is 9.59 Å². The highest BCUT2D eigenvalue weighted by atomic mass is 32.2. The zero-order chi connectivity index (χ0) is 15.1. The Morgan fingerprint density at radius 2 is 1.86 bits per heavy atom. The van der Waals surface area contributed by atoms with Gasteiger partial charge in [0.2, 0.25) is 5.91 Å². The molecule has 0 spiro atoms. The third-order valence-electron chi connectivity index (χ3n) is 4.20. The number of hydrogen-bond acceptors (Lipinski definition) is 5. The van der Waals surface area contributed by atoms with Gasteiger partial charge >= 0.3 is 5.97 Å². The quantitative estimate of drug-likeness (QED) is 0.775. The van der Waals surface area contributed by atoms with Crippen LogP contribution in [0.5, 0.6) is 0 Å². The first kappa shape index (κ1) is 16.6. The van der Waals surface area contributed by atoms with Crippen LogP contribution in [0.2, 0.25) is 0 Å². The van der Waals surface area contributed by atoms with Gasteiger partial charge in [0.1, 0.15) is 0 Å². The van der Waals surface area contributed by atoms with Crippen LogP contribution < -0.4 is 5.32 Å². The summed E-state index contributed by atoms with van der Waals surface area (Å²) in [6.45, 7) is 5.78. The Labute approximate surface area is 131 Å². The summed E-state index contributed by atoms with van der Waals surface area (Å²) in [5.41, 5.74) is 0. The molecule has 2 aliphatic rings. The van der Waals surface area contributed by atoms with Crippen molar-refractivity contribution >= 4 is 23.6 Å². The molecule has 6 heteroatoms. The Balaban J connectivity index is 1.66. The summed E-state index contributed by atoms with van der Waals surface area (Å²) in [6, 6.07) is 0. The predicted octanol–water partition coefficient (Wildman–Crippen LogP) is 1.27. The standard InChI is InChI=1S/C15H26N2O3S/c1-2-20-15(19)12-5-9-17(10-6-12)14(18)11-21-13-3-7-16-8-4-13/h12-13,16H,2-11H2,1H3. The van der Waals surface area contributed by atoms with Crippen LogP contribution in [0.3, 0.4) is 0 Å². The SMILES string of the molecule is CCOC(=O)C1CCN(C(=O)CSC2CCNCC2)CC1. The van der Waals surface area contributed by atoms with Crippen LogP contribution in [0.1, 0.15) is 32.6 Å². The van der Waals surface area contributed by atoms with E-state index < -0.39 is 0 Å². The molecule has 0 radical (unpaired) electrons. The topological polar surface area (TPSA) is 58.6 Å². The summed E-state index contributed by atoms with van der Waals surface area (Å²) < 4.78 is 5.05. The molecule has 0 saturated carbocycles. The molecule has 2 rings (SSSR count). The number of amides is 1. The maximum Gasteiger partial charge on any atom is 0.309 e. The Bertz CT molecular complexity index is 351. The molecule has 0 bridgehead atoms. The number of likely N-dealkylation sites (tertiary alicyclic amines) is 1. The van der Waals surface area contributed by atoms with Crippen molar-refractivity contribution in [3.8, 4) is 0 Å². The number of thioether (sulfide) groups is 1. The smallest absolute Gasteiger partial charge is 0.309 e. The second kappa shape index (κ2) is 8.63. The number of carbonyl (C=O) groups excluding carboxylic acids is 2. The van der Waals surface area contributed by atoms with Crippen molar-refractivity contribution in [2.75, 3.05) is 38.5 Å². The van der Waals surface area contributed by atoms with E-state index in [1.165, 1.54) is 0 Å². The fraction of sp³-hybridized carbons (Fsp3) is 0.867. The highest BCUT2D eigenvalue weighted by molar-refractivity contribution is 8.00. The molecule has 0 aromatic carbocycles. The molecule has 2 saturated heterocycles. The maximum atomic E-state index is 12.2. The summed E-state index contributed by atoms with van der Waals surface area (Å²) in [7, 11) is 0. The fourth-order valence-electron chi connectivity index (χ4n) is 2.87. The molecule has 0 aliphatic carbocycles. The maximum absolute atomic E-state index is 12.2. The molecule has 1 amide bonds. The number of carbonyl (C=O) groups is 2. The molecule has 21 heavy (non-hydrogen) atoms. The average Bonchev–Trinajstić information content (AvgIpc) is 2.54. The van der Waals surface area contributed by atoms with Gasteiger partial charge in [-0.05, 0) is 45.7 Å². The molecule has 2 fully saturated rings. The van der Waals surface area contributed by atoms with E-state index in [-0.39, 0.29) is 17.8 Å². The van der Waals surface area contributed by atoms with E-state index in [0.29, 0.717) is 30.7 Å². The predicted molar refractivity (Wildman–Crippen MR) is 84.3 cm³/mol. The van der Waals surface area contributed by atoms with E-state index in [1.54, 1.807) is 11.8 Å². The fourth-order valence-corrected chi connectivity index (χ4v) is 4.00. The molecular formula is C15H26N2O3S. The van der Waals surface area contributed by atoms with Crippen molar-refractivity contribution in [3.05, 3.63) is 0 Å². The van der Waals surface area contributed by atoms with E-state index >= 15 is 0 Å². The third-order valence-corrected chi connectivity index (χ3v) is 5.55. The van der Waals surface area contributed by atoms with Gasteiger partial charge in [-0.1, -0.05) is 0 Å². The first-order valence-corrected chi connectivity index (χ1v) is 9.02. The van der Waals surface area contributed by atoms with Gasteiger partial charge in [0, 0.05) is 18.3 Å². The Morgan fingerprint density at radius 3 is 2.48 bits per heavy atom. The molecule has 5 nitrogen and oxygen atoms in total. The average molecular weight is 314 g/mol. The number of hydrogen-bond donors (Lipinski definition) is 1. The van der Waals surface area contributed by atoms with Gasteiger partial charge in [0.15, 0.2) is 0 Å². The Hall–Kier alpha value is -0.750. The molecule has 120 valence electrons. The normalized spacial score (nSPS) is 21.3. The van der Waals surface area contributed by atoms with E-state index in [1.807, 2.05) is 11.8 Å². The third kappa shape index (κ3) is 5.18. The number of piperidine rings is 2. The minimum atomic E-state index is -0.103. The number of rotatable bonds is 5. The molecule has 1 N–H and O–H groups in total. The molecule has 2 heterocycles. The Morgan fingerprint density at radius 1 is 1.19 bits per heavy atom. The van der Waals surface area contributed by atoms with E-state index in [0.717, 1.165) is 38.8 Å². The second-order valence-electron chi connectivity index (χ2n) is 5.67. The van der Waals surface area contributed by atoms with Crippen molar-refractivity contribution in [3.63, 3.8) is 0 Å². The largest absolute Gasteiger partial charge is 0.466 e. The lowest BCUT2D eigenvalue weighted by molar-refractivity contribution is -0.151. The van der Waals surface area contributed by atoms with Crippen LogP contribution in [-0.4, -0.2) is 60.6 Å². The van der Waals surface area contributed by atoms with Crippen molar-refractivity contribution in [2.45, 2.75) is 37.9 Å². The summed E-state index contributed by atoms with van der Waals surface area (Å²) >= 11 is 1.79. The van der Waals surface area contributed by atoms with E-state index in [2.05, 4.69) is 5.32 Å². The van der Waals surface area contributed by atoms with Crippen LogP contribution in [0.15, 0.2) is 0 Å². The first-order valence-electron chi connectivity index (χ1n) is 7.97. The number of nitrogens with zero attached hydrogens (tertiary/aromatic N) is 1. The van der Waals surface area contributed by atoms with Crippen molar-refractivity contribution < 1.29 is 14.3 Å². The lowest BCUT2D eigenvalue weighted by atomic mass is 9.97. The van der Waals surface area contributed by atoms with Gasteiger partial charge in [-0.25, -0.2) is 0 Å². The molecule has 0 unspecified atom stereocenters. The number of nitrogens with one attached hydrogen (secondary N) is 1. The lowest BCUT2D eigenvalue weighted by Crippen LogP contribution is -2.41. The zero-order valence-electron chi connectivity index (χ0n) is 12.8. The summed E-state index contributed by atoms with van der Waals surface area (Å²) in [4.78, 5) is 25.8. The van der Waals surface area contributed by atoms with Crippen LogP contribution in [0.25, 0.3) is 0 Å². The summed E-state index contributed by atoms with van der Waals surface area (Å²) in [6.07, 6.45) is 3.79. The van der Waals surface area contributed by atoms with Crippen molar-refractivity contribution in [2.24, 2.45) is 5.92 Å². The Kier molecular flexibility index (Phi) is 6.83. The lowest BCUT2D eigenvalue weighted by Gasteiger charge is -2.31. The van der Waals surface area contributed by atoms with Crippen LogP contribution in [-0.2, 0) is 14.3 Å².